The highest BCUT2D eigenvalue weighted by Gasteiger charge is 2.31. The zero-order valence-electron chi connectivity index (χ0n) is 14.5. The van der Waals surface area contributed by atoms with Crippen LogP contribution >= 0.6 is 0 Å². The van der Waals surface area contributed by atoms with Crippen LogP contribution in [0.4, 0.5) is 13.2 Å². The fourth-order valence-electron chi connectivity index (χ4n) is 2.35. The van der Waals surface area contributed by atoms with E-state index in [4.69, 9.17) is 0 Å². The molecule has 1 amide bonds. The average molecular weight is 384 g/mol. The number of carbonyl (C=O) groups is 1. The summed E-state index contributed by atoms with van der Waals surface area (Å²) in [6.07, 6.45) is 4.12. The van der Waals surface area contributed by atoms with Gasteiger partial charge in [-0.15, -0.1) is 0 Å². The van der Waals surface area contributed by atoms with E-state index in [0.717, 1.165) is 29.0 Å². The van der Waals surface area contributed by atoms with Gasteiger partial charge in [0.15, 0.2) is 0 Å². The number of nitrogens with zero attached hydrogens (tertiary/aromatic N) is 3. The summed E-state index contributed by atoms with van der Waals surface area (Å²) in [6, 6.07) is 9.70. The number of hydrogen-bond donors (Lipinski definition) is 1. The summed E-state index contributed by atoms with van der Waals surface area (Å²) in [4.78, 5) is 23.2. The molecule has 0 bridgehead atoms. The first-order chi connectivity index (χ1) is 13.4. The molecule has 0 spiro atoms. The van der Waals surface area contributed by atoms with Crippen molar-refractivity contribution in [1.82, 2.24) is 20.3 Å². The van der Waals surface area contributed by atoms with Crippen molar-refractivity contribution in [2.24, 2.45) is 0 Å². The summed E-state index contributed by atoms with van der Waals surface area (Å²) in [6.45, 7) is 0.319. The molecular weight excluding hydrogens is 369 g/mol. The lowest BCUT2D eigenvalue weighted by Gasteiger charge is -2.05. The van der Waals surface area contributed by atoms with Crippen molar-refractivity contribution in [2.75, 3.05) is 0 Å². The van der Waals surface area contributed by atoms with E-state index in [2.05, 4.69) is 20.3 Å². The largest absolute Gasteiger partial charge is 0.433 e. The normalized spacial score (nSPS) is 11.5. The third-order valence-electron chi connectivity index (χ3n) is 3.82. The molecule has 8 heteroatoms. The number of halogens is 3. The van der Waals surface area contributed by atoms with Crippen molar-refractivity contribution in [1.29, 1.82) is 0 Å². The average Bonchev–Trinajstić information content (AvgIpc) is 2.71. The minimum atomic E-state index is -4.48. The Labute approximate surface area is 159 Å². The third-order valence-corrected chi connectivity index (χ3v) is 3.82. The molecule has 2 heterocycles. The first-order valence-corrected chi connectivity index (χ1v) is 8.25. The van der Waals surface area contributed by atoms with Gasteiger partial charge in [-0.2, -0.15) is 13.2 Å². The topological polar surface area (TPSA) is 67.8 Å². The number of nitrogens with one attached hydrogen (secondary N) is 1. The Morgan fingerprint density at radius 3 is 2.29 bits per heavy atom. The number of pyridine rings is 1. The maximum absolute atomic E-state index is 12.5. The molecule has 0 unspecified atom stereocenters. The van der Waals surface area contributed by atoms with Crippen LogP contribution in [0.15, 0.2) is 67.4 Å². The molecule has 0 fully saturated rings. The van der Waals surface area contributed by atoms with Gasteiger partial charge in [-0.3, -0.25) is 9.78 Å². The second-order valence-electron chi connectivity index (χ2n) is 5.85. The van der Waals surface area contributed by atoms with E-state index in [-0.39, 0.29) is 5.91 Å². The predicted octanol–water partition coefficient (Wildman–Crippen LogP) is 3.89. The van der Waals surface area contributed by atoms with Crippen LogP contribution in [0, 0.1) is 0 Å². The van der Waals surface area contributed by atoms with Gasteiger partial charge in [0, 0.05) is 36.8 Å². The van der Waals surface area contributed by atoms with Crippen LogP contribution in [0.1, 0.15) is 16.8 Å². The van der Waals surface area contributed by atoms with Crippen LogP contribution in [0.3, 0.4) is 0 Å². The number of amides is 1. The molecule has 3 aromatic rings. The van der Waals surface area contributed by atoms with Gasteiger partial charge in [0.2, 0.25) is 5.91 Å². The molecule has 1 aromatic carbocycles. The van der Waals surface area contributed by atoms with E-state index in [1.165, 1.54) is 24.5 Å². The lowest BCUT2D eigenvalue weighted by atomic mass is 10.1. The van der Waals surface area contributed by atoms with Crippen molar-refractivity contribution in [3.63, 3.8) is 0 Å². The molecule has 2 aromatic heterocycles. The molecule has 1 N–H and O–H groups in total. The van der Waals surface area contributed by atoms with Gasteiger partial charge in [-0.1, -0.05) is 30.3 Å². The molecule has 5 nitrogen and oxygen atoms in total. The molecule has 142 valence electrons. The summed E-state index contributed by atoms with van der Waals surface area (Å²) in [5.74, 6) is -0.361. The van der Waals surface area contributed by atoms with Crippen LogP contribution in [0.5, 0.6) is 0 Å². The molecule has 0 radical (unpaired) electrons. The fraction of sp³-hybridized carbons (Fsp3) is 0.100. The Balaban J connectivity index is 1.53. The molecular formula is C20H15F3N4O. The van der Waals surface area contributed by atoms with Gasteiger partial charge in [-0.25, -0.2) is 9.97 Å². The highest BCUT2D eigenvalue weighted by atomic mass is 19.4. The smallest absolute Gasteiger partial charge is 0.348 e. The number of alkyl halides is 3. The van der Waals surface area contributed by atoms with E-state index in [9.17, 15) is 18.0 Å². The fourth-order valence-corrected chi connectivity index (χ4v) is 2.35. The number of carbonyl (C=O) groups excluding carboxylic acids is 1. The third kappa shape index (κ3) is 5.23. The van der Waals surface area contributed by atoms with E-state index in [1.54, 1.807) is 12.4 Å². The van der Waals surface area contributed by atoms with Crippen molar-refractivity contribution in [3.05, 3.63) is 84.2 Å². The quantitative estimate of drug-likeness (QED) is 0.678. The molecule has 0 saturated heterocycles. The van der Waals surface area contributed by atoms with Gasteiger partial charge in [0.25, 0.3) is 0 Å². The summed E-state index contributed by atoms with van der Waals surface area (Å²) in [5, 5.41) is 2.71. The maximum Gasteiger partial charge on any atom is 0.433 e. The molecule has 3 rings (SSSR count). The number of rotatable bonds is 5. The highest BCUT2D eigenvalue weighted by Crippen LogP contribution is 2.27. The summed E-state index contributed by atoms with van der Waals surface area (Å²) < 4.78 is 37.4. The Morgan fingerprint density at radius 1 is 0.964 bits per heavy atom. The SMILES string of the molecule is O=C(/C=C/c1ccc(C(F)(F)F)nc1)NCc1ccc(-c2cncnc2)cc1. The van der Waals surface area contributed by atoms with Crippen molar-refractivity contribution >= 4 is 12.0 Å². The molecule has 0 aliphatic carbocycles. The summed E-state index contributed by atoms with van der Waals surface area (Å²) >= 11 is 0. The molecule has 0 aliphatic rings. The molecule has 0 atom stereocenters. The van der Waals surface area contributed by atoms with Crippen molar-refractivity contribution in [3.8, 4) is 11.1 Å². The monoisotopic (exact) mass is 384 g/mol. The Bertz CT molecular complexity index is 953. The van der Waals surface area contributed by atoms with Crippen LogP contribution in [0.2, 0.25) is 0 Å². The number of benzene rings is 1. The van der Waals surface area contributed by atoms with E-state index in [0.29, 0.717) is 12.1 Å². The van der Waals surface area contributed by atoms with Gasteiger partial charge < -0.3 is 5.32 Å². The Kier molecular flexibility index (Phi) is 5.78. The van der Waals surface area contributed by atoms with Crippen LogP contribution in [-0.2, 0) is 17.5 Å². The Hall–Kier alpha value is -3.55. The van der Waals surface area contributed by atoms with Gasteiger partial charge in [0.05, 0.1) is 0 Å². The highest BCUT2D eigenvalue weighted by molar-refractivity contribution is 5.91. The van der Waals surface area contributed by atoms with Crippen molar-refractivity contribution in [2.45, 2.75) is 12.7 Å². The van der Waals surface area contributed by atoms with Gasteiger partial charge in [0.1, 0.15) is 12.0 Å². The minimum Gasteiger partial charge on any atom is -0.348 e. The maximum atomic E-state index is 12.5. The van der Waals surface area contributed by atoms with Gasteiger partial charge in [-0.05, 0) is 28.8 Å². The molecule has 0 saturated carbocycles. The van der Waals surface area contributed by atoms with Crippen LogP contribution in [0.25, 0.3) is 17.2 Å². The Morgan fingerprint density at radius 2 is 1.68 bits per heavy atom. The molecule has 0 aliphatic heterocycles. The van der Waals surface area contributed by atoms with Crippen LogP contribution in [-0.4, -0.2) is 20.9 Å². The van der Waals surface area contributed by atoms with Crippen LogP contribution < -0.4 is 5.32 Å². The van der Waals surface area contributed by atoms with E-state index in [1.807, 2.05) is 24.3 Å². The number of hydrogen-bond acceptors (Lipinski definition) is 4. The predicted molar refractivity (Wildman–Crippen MR) is 97.6 cm³/mol. The second kappa shape index (κ2) is 8.43. The first kappa shape index (κ1) is 19.2. The zero-order chi connectivity index (χ0) is 20.0. The summed E-state index contributed by atoms with van der Waals surface area (Å²) in [5.41, 5.74) is 2.19. The van der Waals surface area contributed by atoms with Gasteiger partial charge >= 0.3 is 6.18 Å². The van der Waals surface area contributed by atoms with E-state index < -0.39 is 11.9 Å². The number of aromatic nitrogens is 3. The first-order valence-electron chi connectivity index (χ1n) is 8.25. The zero-order valence-corrected chi connectivity index (χ0v) is 14.5. The van der Waals surface area contributed by atoms with Crippen molar-refractivity contribution < 1.29 is 18.0 Å². The second-order valence-corrected chi connectivity index (χ2v) is 5.85. The summed E-state index contributed by atoms with van der Waals surface area (Å²) in [7, 11) is 0. The lowest BCUT2D eigenvalue weighted by Crippen LogP contribution is -2.20. The van der Waals surface area contributed by atoms with E-state index >= 15 is 0 Å². The minimum absolute atomic E-state index is 0.319. The molecule has 28 heavy (non-hydrogen) atoms. The standard InChI is InChI=1S/C20H15F3N4O/c21-20(22,23)18-7-3-15(9-26-18)4-8-19(28)27-10-14-1-5-16(6-2-14)17-11-24-13-25-12-17/h1-9,11-13H,10H2,(H,27,28)/b8-4+. The lowest BCUT2D eigenvalue weighted by molar-refractivity contribution is -0.141.